The molecule has 7 heteroatoms. The SMILES string of the molecule is COc1ccccc1Nc1cc(C(=O)NCc2ccc(OC)c(OC)c2)ccn1. The predicted octanol–water partition coefficient (Wildman–Crippen LogP) is 3.78. The predicted molar refractivity (Wildman–Crippen MR) is 111 cm³/mol. The fourth-order valence-corrected chi connectivity index (χ4v) is 2.80. The van der Waals surface area contributed by atoms with E-state index < -0.39 is 0 Å². The molecular formula is C22H23N3O4. The Bertz CT molecular complexity index is 991. The summed E-state index contributed by atoms with van der Waals surface area (Å²) in [6.45, 7) is 0.358. The van der Waals surface area contributed by atoms with Crippen LogP contribution in [0.2, 0.25) is 0 Å². The van der Waals surface area contributed by atoms with Crippen molar-refractivity contribution in [3.63, 3.8) is 0 Å². The van der Waals surface area contributed by atoms with Gasteiger partial charge in [0.1, 0.15) is 11.6 Å². The summed E-state index contributed by atoms with van der Waals surface area (Å²) in [4.78, 5) is 16.9. The lowest BCUT2D eigenvalue weighted by atomic mass is 10.2. The molecule has 0 saturated carbocycles. The molecule has 150 valence electrons. The third kappa shape index (κ3) is 4.95. The van der Waals surface area contributed by atoms with Crippen molar-refractivity contribution in [1.29, 1.82) is 0 Å². The van der Waals surface area contributed by atoms with Crippen LogP contribution in [0.25, 0.3) is 0 Å². The molecule has 1 amide bonds. The Balaban J connectivity index is 1.68. The normalized spacial score (nSPS) is 10.2. The quantitative estimate of drug-likeness (QED) is 0.606. The topological polar surface area (TPSA) is 81.7 Å². The van der Waals surface area contributed by atoms with Crippen molar-refractivity contribution in [1.82, 2.24) is 10.3 Å². The first-order valence-corrected chi connectivity index (χ1v) is 8.99. The van der Waals surface area contributed by atoms with Crippen LogP contribution in [0.1, 0.15) is 15.9 Å². The minimum absolute atomic E-state index is 0.203. The van der Waals surface area contributed by atoms with E-state index in [9.17, 15) is 4.79 Å². The van der Waals surface area contributed by atoms with Gasteiger partial charge in [-0.25, -0.2) is 4.98 Å². The highest BCUT2D eigenvalue weighted by Crippen LogP contribution is 2.28. The molecule has 0 atom stereocenters. The van der Waals surface area contributed by atoms with Gasteiger partial charge in [0.15, 0.2) is 11.5 Å². The van der Waals surface area contributed by atoms with Crippen molar-refractivity contribution in [2.45, 2.75) is 6.54 Å². The molecule has 0 aliphatic carbocycles. The van der Waals surface area contributed by atoms with Gasteiger partial charge in [0.25, 0.3) is 5.91 Å². The van der Waals surface area contributed by atoms with Gasteiger partial charge < -0.3 is 24.8 Å². The van der Waals surface area contributed by atoms with Crippen LogP contribution in [-0.4, -0.2) is 32.2 Å². The number of rotatable bonds is 8. The molecule has 2 aromatic carbocycles. The first-order valence-electron chi connectivity index (χ1n) is 8.99. The van der Waals surface area contributed by atoms with Gasteiger partial charge >= 0.3 is 0 Å². The minimum atomic E-state index is -0.203. The number of hydrogen-bond acceptors (Lipinski definition) is 6. The Hall–Kier alpha value is -3.74. The Morgan fingerprint density at radius 2 is 1.66 bits per heavy atom. The summed E-state index contributed by atoms with van der Waals surface area (Å²) < 4.78 is 15.9. The van der Waals surface area contributed by atoms with E-state index in [1.165, 1.54) is 0 Å². The van der Waals surface area contributed by atoms with E-state index in [-0.39, 0.29) is 5.91 Å². The molecule has 3 aromatic rings. The van der Waals surface area contributed by atoms with Crippen molar-refractivity contribution in [3.8, 4) is 17.2 Å². The number of hydrogen-bond donors (Lipinski definition) is 2. The van der Waals surface area contributed by atoms with E-state index in [0.29, 0.717) is 35.2 Å². The zero-order chi connectivity index (χ0) is 20.6. The second-order valence-corrected chi connectivity index (χ2v) is 6.13. The third-order valence-corrected chi connectivity index (χ3v) is 4.29. The van der Waals surface area contributed by atoms with Crippen molar-refractivity contribution in [3.05, 3.63) is 71.9 Å². The highest BCUT2D eigenvalue weighted by Gasteiger charge is 2.10. The van der Waals surface area contributed by atoms with Crippen molar-refractivity contribution in [2.24, 2.45) is 0 Å². The van der Waals surface area contributed by atoms with Gasteiger partial charge in [0, 0.05) is 18.3 Å². The molecule has 3 rings (SSSR count). The number of methoxy groups -OCH3 is 3. The van der Waals surface area contributed by atoms with Crippen molar-refractivity contribution < 1.29 is 19.0 Å². The average Bonchev–Trinajstić information content (AvgIpc) is 2.77. The molecule has 2 N–H and O–H groups in total. The number of ether oxygens (including phenoxy) is 3. The molecule has 0 saturated heterocycles. The number of benzene rings is 2. The maximum absolute atomic E-state index is 12.6. The second-order valence-electron chi connectivity index (χ2n) is 6.13. The largest absolute Gasteiger partial charge is 0.495 e. The minimum Gasteiger partial charge on any atom is -0.495 e. The van der Waals surface area contributed by atoms with Crippen LogP contribution >= 0.6 is 0 Å². The van der Waals surface area contributed by atoms with E-state index >= 15 is 0 Å². The summed E-state index contributed by atoms with van der Waals surface area (Å²) in [6, 6.07) is 16.4. The molecule has 7 nitrogen and oxygen atoms in total. The zero-order valence-electron chi connectivity index (χ0n) is 16.6. The average molecular weight is 393 g/mol. The first-order chi connectivity index (χ1) is 14.1. The summed E-state index contributed by atoms with van der Waals surface area (Å²) in [5.41, 5.74) is 2.17. The lowest BCUT2D eigenvalue weighted by Gasteiger charge is -2.12. The van der Waals surface area contributed by atoms with E-state index in [4.69, 9.17) is 14.2 Å². The first kappa shape index (κ1) is 20.0. The van der Waals surface area contributed by atoms with Crippen LogP contribution in [0.5, 0.6) is 17.2 Å². The third-order valence-electron chi connectivity index (χ3n) is 4.29. The smallest absolute Gasteiger partial charge is 0.251 e. The lowest BCUT2D eigenvalue weighted by molar-refractivity contribution is 0.0951. The number of anilines is 2. The fraction of sp³-hybridized carbons (Fsp3) is 0.182. The standard InChI is InChI=1S/C22H23N3O4/c1-27-18-7-5-4-6-17(18)25-21-13-16(10-11-23-21)22(26)24-14-15-8-9-19(28-2)20(12-15)29-3/h4-13H,14H2,1-3H3,(H,23,25)(H,24,26). The fourth-order valence-electron chi connectivity index (χ4n) is 2.80. The second kappa shape index (κ2) is 9.45. The maximum Gasteiger partial charge on any atom is 0.251 e. The summed E-state index contributed by atoms with van der Waals surface area (Å²) in [7, 11) is 4.76. The van der Waals surface area contributed by atoms with Gasteiger partial charge in [-0.1, -0.05) is 18.2 Å². The van der Waals surface area contributed by atoms with E-state index in [0.717, 1.165) is 11.3 Å². The Morgan fingerprint density at radius 1 is 0.897 bits per heavy atom. The molecule has 0 radical (unpaired) electrons. The van der Waals surface area contributed by atoms with Crippen LogP contribution in [0.4, 0.5) is 11.5 Å². The Morgan fingerprint density at radius 3 is 2.41 bits per heavy atom. The van der Waals surface area contributed by atoms with E-state index in [1.807, 2.05) is 42.5 Å². The molecule has 1 heterocycles. The molecule has 0 spiro atoms. The molecule has 0 aliphatic rings. The van der Waals surface area contributed by atoms with E-state index in [1.54, 1.807) is 39.7 Å². The number of nitrogens with zero attached hydrogens (tertiary/aromatic N) is 1. The van der Waals surface area contributed by atoms with Gasteiger partial charge in [-0.3, -0.25) is 4.79 Å². The molecule has 1 aromatic heterocycles. The van der Waals surface area contributed by atoms with Crippen molar-refractivity contribution >= 4 is 17.4 Å². The van der Waals surface area contributed by atoms with Gasteiger partial charge in [-0.05, 0) is 42.0 Å². The number of pyridine rings is 1. The van der Waals surface area contributed by atoms with Crippen LogP contribution in [0, 0.1) is 0 Å². The number of para-hydroxylation sites is 2. The monoisotopic (exact) mass is 393 g/mol. The maximum atomic E-state index is 12.6. The molecule has 0 aliphatic heterocycles. The van der Waals surface area contributed by atoms with Gasteiger partial charge in [-0.2, -0.15) is 0 Å². The molecule has 29 heavy (non-hydrogen) atoms. The number of aromatic nitrogens is 1. The van der Waals surface area contributed by atoms with Gasteiger partial charge in [0.05, 0.1) is 27.0 Å². The summed E-state index contributed by atoms with van der Waals surface area (Å²) in [6.07, 6.45) is 1.59. The Labute approximate surface area is 169 Å². The molecular weight excluding hydrogens is 370 g/mol. The summed E-state index contributed by atoms with van der Waals surface area (Å²) in [5, 5.41) is 6.08. The molecule has 0 unspecified atom stereocenters. The van der Waals surface area contributed by atoms with E-state index in [2.05, 4.69) is 15.6 Å². The number of carbonyl (C=O) groups excluding carboxylic acids is 1. The Kier molecular flexibility index (Phi) is 6.52. The number of carbonyl (C=O) groups is 1. The van der Waals surface area contributed by atoms with Crippen LogP contribution in [-0.2, 0) is 6.54 Å². The summed E-state index contributed by atoms with van der Waals surface area (Å²) >= 11 is 0. The van der Waals surface area contributed by atoms with Crippen LogP contribution in [0.3, 0.4) is 0 Å². The number of amides is 1. The zero-order valence-corrected chi connectivity index (χ0v) is 16.6. The number of nitrogens with one attached hydrogen (secondary N) is 2. The summed E-state index contributed by atoms with van der Waals surface area (Å²) in [5.74, 6) is 2.30. The highest BCUT2D eigenvalue weighted by molar-refractivity contribution is 5.94. The van der Waals surface area contributed by atoms with Gasteiger partial charge in [0.2, 0.25) is 0 Å². The highest BCUT2D eigenvalue weighted by atomic mass is 16.5. The van der Waals surface area contributed by atoms with Crippen LogP contribution < -0.4 is 24.8 Å². The lowest BCUT2D eigenvalue weighted by Crippen LogP contribution is -2.23. The molecule has 0 bridgehead atoms. The van der Waals surface area contributed by atoms with Crippen LogP contribution in [0.15, 0.2) is 60.8 Å². The van der Waals surface area contributed by atoms with Crippen molar-refractivity contribution in [2.75, 3.05) is 26.6 Å². The van der Waals surface area contributed by atoms with Gasteiger partial charge in [-0.15, -0.1) is 0 Å². The molecule has 0 fully saturated rings.